The van der Waals surface area contributed by atoms with E-state index in [2.05, 4.69) is 12.2 Å². The molecule has 0 fully saturated rings. The van der Waals surface area contributed by atoms with E-state index in [1.54, 1.807) is 0 Å². The van der Waals surface area contributed by atoms with E-state index >= 15 is 0 Å². The van der Waals surface area contributed by atoms with Crippen molar-refractivity contribution in [1.29, 1.82) is 0 Å². The van der Waals surface area contributed by atoms with E-state index in [1.807, 2.05) is 18.2 Å². The van der Waals surface area contributed by atoms with Crippen LogP contribution in [0, 0.1) is 0 Å². The molecule has 5 heteroatoms. The van der Waals surface area contributed by atoms with E-state index < -0.39 is 0 Å². The molecule has 18 heavy (non-hydrogen) atoms. The van der Waals surface area contributed by atoms with Gasteiger partial charge in [0.1, 0.15) is 13.2 Å². The van der Waals surface area contributed by atoms with Crippen molar-refractivity contribution in [2.24, 2.45) is 0 Å². The van der Waals surface area contributed by atoms with Crippen molar-refractivity contribution in [1.82, 2.24) is 5.32 Å². The Balaban J connectivity index is 0.00000162. The lowest BCUT2D eigenvalue weighted by atomic mass is 10.1. The minimum atomic E-state index is 0. The van der Waals surface area contributed by atoms with Crippen molar-refractivity contribution in [2.45, 2.75) is 25.9 Å². The second-order valence-corrected chi connectivity index (χ2v) is 4.15. The SMILES string of the molecule is CCC(CO)NCc1ccc2c(c1)OCCO2.[Cl-]. The first-order valence-corrected chi connectivity index (χ1v) is 6.06. The summed E-state index contributed by atoms with van der Waals surface area (Å²) >= 11 is 0. The first-order chi connectivity index (χ1) is 8.33. The number of hydrogen-bond donors (Lipinski definition) is 2. The van der Waals surface area contributed by atoms with Crippen molar-refractivity contribution in [3.8, 4) is 11.5 Å². The maximum Gasteiger partial charge on any atom is 0.161 e. The minimum Gasteiger partial charge on any atom is -1.00 e. The Hall–Kier alpha value is -0.970. The molecule has 1 aromatic carbocycles. The number of benzene rings is 1. The van der Waals surface area contributed by atoms with Gasteiger partial charge in [0, 0.05) is 12.6 Å². The predicted molar refractivity (Wildman–Crippen MR) is 65.4 cm³/mol. The summed E-state index contributed by atoms with van der Waals surface area (Å²) in [6.45, 7) is 4.18. The molecular formula is C13H19ClNO3-. The molecule has 1 aliphatic heterocycles. The van der Waals surface area contributed by atoms with Crippen LogP contribution in [0.25, 0.3) is 0 Å². The molecule has 4 nitrogen and oxygen atoms in total. The van der Waals surface area contributed by atoms with E-state index in [-0.39, 0.29) is 25.1 Å². The standard InChI is InChI=1S/C13H19NO3.ClH/c1-2-11(9-15)14-8-10-3-4-12-13(7-10)17-6-5-16-12;/h3-4,7,11,14-15H,2,5-6,8-9H2,1H3;1H/p-1. The van der Waals surface area contributed by atoms with Crippen LogP contribution in [0.15, 0.2) is 18.2 Å². The Morgan fingerprint density at radius 3 is 2.67 bits per heavy atom. The molecular weight excluding hydrogens is 254 g/mol. The quantitative estimate of drug-likeness (QED) is 0.673. The number of halogens is 1. The van der Waals surface area contributed by atoms with Gasteiger partial charge in [-0.3, -0.25) is 0 Å². The van der Waals surface area contributed by atoms with Crippen molar-refractivity contribution >= 4 is 0 Å². The topological polar surface area (TPSA) is 50.7 Å². The smallest absolute Gasteiger partial charge is 0.161 e. The van der Waals surface area contributed by atoms with Gasteiger partial charge in [0.15, 0.2) is 11.5 Å². The van der Waals surface area contributed by atoms with Crippen LogP contribution in [-0.4, -0.2) is 31.0 Å². The van der Waals surface area contributed by atoms with Gasteiger partial charge in [-0.25, -0.2) is 0 Å². The molecule has 0 spiro atoms. The average Bonchev–Trinajstić information content (AvgIpc) is 2.40. The van der Waals surface area contributed by atoms with Crippen molar-refractivity contribution in [3.05, 3.63) is 23.8 Å². The highest BCUT2D eigenvalue weighted by Gasteiger charge is 2.12. The van der Waals surface area contributed by atoms with E-state index in [0.717, 1.165) is 30.0 Å². The second-order valence-electron chi connectivity index (χ2n) is 4.15. The zero-order valence-electron chi connectivity index (χ0n) is 10.5. The van der Waals surface area contributed by atoms with Crippen LogP contribution in [-0.2, 0) is 6.54 Å². The Labute approximate surface area is 114 Å². The molecule has 1 aliphatic rings. The molecule has 0 bridgehead atoms. The van der Waals surface area contributed by atoms with Gasteiger partial charge in [0.2, 0.25) is 0 Å². The molecule has 0 amide bonds. The van der Waals surface area contributed by atoms with Crippen molar-refractivity contribution < 1.29 is 27.0 Å². The number of rotatable bonds is 5. The maximum atomic E-state index is 9.09. The summed E-state index contributed by atoms with van der Waals surface area (Å²) in [5.41, 5.74) is 1.14. The lowest BCUT2D eigenvalue weighted by Crippen LogP contribution is -3.00. The number of hydrogen-bond acceptors (Lipinski definition) is 4. The summed E-state index contributed by atoms with van der Waals surface area (Å²) in [6.07, 6.45) is 0.918. The number of fused-ring (bicyclic) bond motifs is 1. The van der Waals surface area contributed by atoms with Crippen LogP contribution >= 0.6 is 0 Å². The molecule has 1 aromatic rings. The average molecular weight is 273 g/mol. The molecule has 0 radical (unpaired) electrons. The van der Waals surface area contributed by atoms with E-state index in [0.29, 0.717) is 13.2 Å². The Bertz CT molecular complexity index is 369. The fraction of sp³-hybridized carbons (Fsp3) is 0.538. The minimum absolute atomic E-state index is 0. The fourth-order valence-electron chi connectivity index (χ4n) is 1.80. The lowest BCUT2D eigenvalue weighted by Gasteiger charge is -2.19. The van der Waals surface area contributed by atoms with Gasteiger partial charge >= 0.3 is 0 Å². The third-order valence-corrected chi connectivity index (χ3v) is 2.91. The zero-order valence-corrected chi connectivity index (χ0v) is 11.2. The zero-order chi connectivity index (χ0) is 12.1. The summed E-state index contributed by atoms with van der Waals surface area (Å²) in [6, 6.07) is 6.10. The summed E-state index contributed by atoms with van der Waals surface area (Å²) < 4.78 is 11.0. The monoisotopic (exact) mass is 272 g/mol. The predicted octanol–water partition coefficient (Wildman–Crippen LogP) is -1.68. The van der Waals surface area contributed by atoms with Gasteiger partial charge in [-0.1, -0.05) is 13.0 Å². The van der Waals surface area contributed by atoms with Gasteiger partial charge in [-0.05, 0) is 24.1 Å². The highest BCUT2D eigenvalue weighted by atomic mass is 35.5. The molecule has 1 heterocycles. The van der Waals surface area contributed by atoms with Crippen LogP contribution in [0.3, 0.4) is 0 Å². The van der Waals surface area contributed by atoms with E-state index in [9.17, 15) is 0 Å². The van der Waals surface area contributed by atoms with Crippen LogP contribution in [0.4, 0.5) is 0 Å². The third kappa shape index (κ3) is 3.77. The molecule has 0 saturated heterocycles. The lowest BCUT2D eigenvalue weighted by molar-refractivity contribution is -0.00000515. The molecule has 2 N–H and O–H groups in total. The Kier molecular flexibility index (Phi) is 6.25. The highest BCUT2D eigenvalue weighted by Crippen LogP contribution is 2.30. The molecule has 0 aliphatic carbocycles. The van der Waals surface area contributed by atoms with E-state index in [4.69, 9.17) is 14.6 Å². The first-order valence-electron chi connectivity index (χ1n) is 6.06. The van der Waals surface area contributed by atoms with Gasteiger partial charge in [0.25, 0.3) is 0 Å². The van der Waals surface area contributed by atoms with Crippen molar-refractivity contribution in [3.63, 3.8) is 0 Å². The number of nitrogens with one attached hydrogen (secondary N) is 1. The summed E-state index contributed by atoms with van der Waals surface area (Å²) in [5, 5.41) is 12.4. The Morgan fingerprint density at radius 1 is 1.28 bits per heavy atom. The number of ether oxygens (including phenoxy) is 2. The molecule has 0 saturated carbocycles. The van der Waals surface area contributed by atoms with Crippen LogP contribution in [0.1, 0.15) is 18.9 Å². The normalized spacial score (nSPS) is 14.8. The largest absolute Gasteiger partial charge is 1.00 e. The third-order valence-electron chi connectivity index (χ3n) is 2.91. The molecule has 102 valence electrons. The van der Waals surface area contributed by atoms with Crippen LogP contribution in [0.2, 0.25) is 0 Å². The number of aliphatic hydroxyl groups excluding tert-OH is 1. The van der Waals surface area contributed by atoms with Crippen molar-refractivity contribution in [2.75, 3.05) is 19.8 Å². The second kappa shape index (κ2) is 7.46. The highest BCUT2D eigenvalue weighted by molar-refractivity contribution is 5.43. The summed E-state index contributed by atoms with van der Waals surface area (Å²) in [7, 11) is 0. The molecule has 0 aromatic heterocycles. The molecule has 1 atom stereocenters. The number of aliphatic hydroxyl groups is 1. The van der Waals surface area contributed by atoms with Gasteiger partial charge in [-0.2, -0.15) is 0 Å². The van der Waals surface area contributed by atoms with Gasteiger partial charge < -0.3 is 32.3 Å². The molecule has 2 rings (SSSR count). The van der Waals surface area contributed by atoms with Crippen LogP contribution < -0.4 is 27.2 Å². The first kappa shape index (κ1) is 15.1. The van der Waals surface area contributed by atoms with Gasteiger partial charge in [0.05, 0.1) is 6.61 Å². The van der Waals surface area contributed by atoms with E-state index in [1.165, 1.54) is 0 Å². The van der Waals surface area contributed by atoms with Crippen LogP contribution in [0.5, 0.6) is 11.5 Å². The Morgan fingerprint density at radius 2 is 2.00 bits per heavy atom. The maximum absolute atomic E-state index is 9.09. The summed E-state index contributed by atoms with van der Waals surface area (Å²) in [5.74, 6) is 1.63. The fourth-order valence-corrected chi connectivity index (χ4v) is 1.80. The molecule has 1 unspecified atom stereocenters. The summed E-state index contributed by atoms with van der Waals surface area (Å²) in [4.78, 5) is 0. The van der Waals surface area contributed by atoms with Gasteiger partial charge in [-0.15, -0.1) is 0 Å².